The fraction of sp³-hybridized carbons (Fsp3) is 0.400. The Morgan fingerprint density at radius 3 is 2.47 bits per heavy atom. The van der Waals surface area contributed by atoms with Crippen LogP contribution >= 0.6 is 0 Å². The van der Waals surface area contributed by atoms with Crippen LogP contribution in [-0.4, -0.2) is 57.5 Å². The lowest BCUT2D eigenvalue weighted by atomic mass is 9.82. The Hall–Kier alpha value is -3.81. The van der Waals surface area contributed by atoms with Crippen LogP contribution in [0.2, 0.25) is 0 Å². The minimum absolute atomic E-state index is 0.0712. The molecule has 3 atom stereocenters. The molecule has 3 unspecified atom stereocenters. The van der Waals surface area contributed by atoms with Gasteiger partial charge >= 0.3 is 5.97 Å². The Balaban J connectivity index is 1.41. The van der Waals surface area contributed by atoms with Gasteiger partial charge in [-0.1, -0.05) is 56.3 Å². The van der Waals surface area contributed by atoms with Gasteiger partial charge < -0.3 is 14.9 Å². The van der Waals surface area contributed by atoms with Crippen LogP contribution in [0.4, 0.5) is 10.3 Å². The molecule has 2 fully saturated rings. The van der Waals surface area contributed by atoms with Crippen molar-refractivity contribution in [3.05, 3.63) is 89.0 Å². The van der Waals surface area contributed by atoms with Crippen LogP contribution in [0.5, 0.6) is 0 Å². The second-order valence-electron chi connectivity index (χ2n) is 10.6. The van der Waals surface area contributed by atoms with Crippen LogP contribution in [0.25, 0.3) is 0 Å². The van der Waals surface area contributed by atoms with Crippen molar-refractivity contribution in [3.63, 3.8) is 0 Å². The number of nitrogens with zero attached hydrogens (tertiary/aromatic N) is 4. The molecule has 5 rings (SSSR count). The first-order valence-electron chi connectivity index (χ1n) is 13.3. The number of amides is 1. The van der Waals surface area contributed by atoms with E-state index in [1.165, 1.54) is 18.3 Å². The van der Waals surface area contributed by atoms with E-state index < -0.39 is 5.97 Å². The van der Waals surface area contributed by atoms with E-state index in [0.717, 1.165) is 17.5 Å². The number of rotatable bonds is 7. The van der Waals surface area contributed by atoms with Gasteiger partial charge in [0.05, 0.1) is 11.3 Å². The number of carbonyl (C=O) groups is 2. The maximum atomic E-state index is 13.7. The Bertz CT molecular complexity index is 1300. The number of carboxylic acid groups (broad SMARTS) is 1. The standard InChI is InChI=1S/C30H33FN4O3/c1-19(2)28(36)35-18-24(21-9-11-22(31)12-10-21)25-17-34(15-14-27(25)35)30-32-16-23(29(37)38)26(33-30)13-8-20-6-4-3-5-7-20/h3-7,9-12,16,19,24-25,27H,8,13-15,17-18H2,1-2H3,(H,37,38). The van der Waals surface area contributed by atoms with E-state index in [4.69, 9.17) is 4.98 Å². The number of fused-ring (bicyclic) bond motifs is 1. The van der Waals surface area contributed by atoms with Gasteiger partial charge in [0.15, 0.2) is 0 Å². The van der Waals surface area contributed by atoms with Crippen molar-refractivity contribution >= 4 is 17.8 Å². The molecule has 0 spiro atoms. The first-order valence-corrected chi connectivity index (χ1v) is 13.3. The van der Waals surface area contributed by atoms with Gasteiger partial charge in [0.2, 0.25) is 11.9 Å². The summed E-state index contributed by atoms with van der Waals surface area (Å²) in [6.45, 7) is 5.76. The minimum atomic E-state index is -1.03. The average Bonchev–Trinajstić information content (AvgIpc) is 3.31. The highest BCUT2D eigenvalue weighted by Gasteiger charge is 2.47. The summed E-state index contributed by atoms with van der Waals surface area (Å²) < 4.78 is 13.7. The zero-order chi connectivity index (χ0) is 26.8. The molecule has 2 aliphatic heterocycles. The fourth-order valence-electron chi connectivity index (χ4n) is 5.90. The maximum Gasteiger partial charge on any atom is 0.339 e. The number of carboxylic acids is 1. The van der Waals surface area contributed by atoms with Crippen LogP contribution in [-0.2, 0) is 17.6 Å². The summed E-state index contributed by atoms with van der Waals surface area (Å²) >= 11 is 0. The number of benzene rings is 2. The Morgan fingerprint density at radius 2 is 1.79 bits per heavy atom. The lowest BCUT2D eigenvalue weighted by Gasteiger charge is -2.39. The summed E-state index contributed by atoms with van der Waals surface area (Å²) in [6.07, 6.45) is 3.36. The molecular formula is C30H33FN4O3. The highest BCUT2D eigenvalue weighted by atomic mass is 19.1. The highest BCUT2D eigenvalue weighted by molar-refractivity contribution is 5.88. The maximum absolute atomic E-state index is 13.7. The molecule has 0 bridgehead atoms. The number of hydrogen-bond acceptors (Lipinski definition) is 5. The molecule has 1 amide bonds. The van der Waals surface area contributed by atoms with Crippen LogP contribution in [0.3, 0.4) is 0 Å². The Morgan fingerprint density at radius 1 is 1.05 bits per heavy atom. The van der Waals surface area contributed by atoms with Gasteiger partial charge in [-0.2, -0.15) is 0 Å². The van der Waals surface area contributed by atoms with Crippen LogP contribution in [0, 0.1) is 17.7 Å². The fourth-order valence-corrected chi connectivity index (χ4v) is 5.90. The van der Waals surface area contributed by atoms with Crippen molar-refractivity contribution in [2.75, 3.05) is 24.5 Å². The van der Waals surface area contributed by atoms with Crippen molar-refractivity contribution in [1.29, 1.82) is 0 Å². The molecule has 1 N–H and O–H groups in total. The van der Waals surface area contributed by atoms with Gasteiger partial charge in [-0.15, -0.1) is 0 Å². The monoisotopic (exact) mass is 516 g/mol. The summed E-state index contributed by atoms with van der Waals surface area (Å²) in [5.41, 5.74) is 2.78. The van der Waals surface area contributed by atoms with E-state index in [1.807, 2.05) is 61.2 Å². The number of piperidine rings is 1. The van der Waals surface area contributed by atoms with Gasteiger partial charge in [-0.3, -0.25) is 4.79 Å². The molecule has 0 radical (unpaired) electrons. The molecule has 0 saturated carbocycles. The number of aromatic carboxylic acids is 1. The number of aryl methyl sites for hydroxylation is 2. The second-order valence-corrected chi connectivity index (χ2v) is 10.6. The van der Waals surface area contributed by atoms with Crippen LogP contribution in [0.1, 0.15) is 53.4 Å². The zero-order valence-electron chi connectivity index (χ0n) is 21.8. The minimum Gasteiger partial charge on any atom is -0.478 e. The van der Waals surface area contributed by atoms with Gasteiger partial charge in [0, 0.05) is 49.6 Å². The van der Waals surface area contributed by atoms with Gasteiger partial charge in [0.1, 0.15) is 5.82 Å². The first kappa shape index (κ1) is 25.8. The number of carbonyl (C=O) groups excluding carboxylic acids is 1. The molecule has 198 valence electrons. The van der Waals surface area contributed by atoms with Gasteiger partial charge in [0.25, 0.3) is 0 Å². The summed E-state index contributed by atoms with van der Waals surface area (Å²) in [4.78, 5) is 38.3. The van der Waals surface area contributed by atoms with Crippen LogP contribution in [0.15, 0.2) is 60.8 Å². The van der Waals surface area contributed by atoms with E-state index in [1.54, 1.807) is 0 Å². The van der Waals surface area contributed by atoms with E-state index >= 15 is 0 Å². The van der Waals surface area contributed by atoms with E-state index in [-0.39, 0.29) is 41.1 Å². The molecule has 1 aromatic heterocycles. The largest absolute Gasteiger partial charge is 0.478 e. The van der Waals surface area contributed by atoms with Crippen molar-refractivity contribution in [1.82, 2.24) is 14.9 Å². The lowest BCUT2D eigenvalue weighted by molar-refractivity contribution is -0.135. The molecule has 7 nitrogen and oxygen atoms in total. The number of aromatic nitrogens is 2. The lowest BCUT2D eigenvalue weighted by Crippen LogP contribution is -2.49. The van der Waals surface area contributed by atoms with E-state index in [0.29, 0.717) is 44.1 Å². The van der Waals surface area contributed by atoms with Crippen molar-refractivity contribution in [2.45, 2.75) is 45.1 Å². The molecule has 8 heteroatoms. The molecule has 3 aromatic rings. The molecule has 3 heterocycles. The third kappa shape index (κ3) is 5.26. The SMILES string of the molecule is CC(C)C(=O)N1CC(c2ccc(F)cc2)C2CN(c3ncc(C(=O)O)c(CCc4ccccc4)n3)CCC21. The number of likely N-dealkylation sites (tertiary alicyclic amines) is 1. The molecule has 2 aliphatic rings. The third-order valence-corrected chi connectivity index (χ3v) is 7.87. The van der Waals surface area contributed by atoms with E-state index in [2.05, 4.69) is 9.88 Å². The normalized spacial score (nSPS) is 21.0. The summed E-state index contributed by atoms with van der Waals surface area (Å²) in [5.74, 6) is -0.549. The average molecular weight is 517 g/mol. The smallest absolute Gasteiger partial charge is 0.339 e. The second kappa shape index (κ2) is 10.9. The number of hydrogen-bond donors (Lipinski definition) is 1. The Labute approximate surface area is 222 Å². The zero-order valence-corrected chi connectivity index (χ0v) is 21.8. The predicted molar refractivity (Wildman–Crippen MR) is 143 cm³/mol. The Kier molecular flexibility index (Phi) is 7.40. The number of anilines is 1. The number of halogens is 1. The summed E-state index contributed by atoms with van der Waals surface area (Å²) in [5, 5.41) is 9.74. The summed E-state index contributed by atoms with van der Waals surface area (Å²) in [6, 6.07) is 16.6. The highest BCUT2D eigenvalue weighted by Crippen LogP contribution is 2.42. The topological polar surface area (TPSA) is 86.6 Å². The predicted octanol–water partition coefficient (Wildman–Crippen LogP) is 4.58. The van der Waals surface area contributed by atoms with Gasteiger partial charge in [-0.05, 0) is 42.5 Å². The molecule has 2 saturated heterocycles. The third-order valence-electron chi connectivity index (χ3n) is 7.87. The van der Waals surface area contributed by atoms with Gasteiger partial charge in [-0.25, -0.2) is 19.2 Å². The summed E-state index contributed by atoms with van der Waals surface area (Å²) in [7, 11) is 0. The molecule has 0 aliphatic carbocycles. The quantitative estimate of drug-likeness (QED) is 0.495. The molecule has 38 heavy (non-hydrogen) atoms. The first-order chi connectivity index (χ1) is 18.3. The van der Waals surface area contributed by atoms with Crippen molar-refractivity contribution in [3.8, 4) is 0 Å². The van der Waals surface area contributed by atoms with Crippen LogP contribution < -0.4 is 4.90 Å². The van der Waals surface area contributed by atoms with Crippen molar-refractivity contribution < 1.29 is 19.1 Å². The molecular weight excluding hydrogens is 483 g/mol. The van der Waals surface area contributed by atoms with Crippen molar-refractivity contribution in [2.24, 2.45) is 11.8 Å². The molecule has 2 aromatic carbocycles. The van der Waals surface area contributed by atoms with E-state index in [9.17, 15) is 19.1 Å².